The summed E-state index contributed by atoms with van der Waals surface area (Å²) in [5, 5.41) is 11.7. The average molecular weight is 339 g/mol. The number of likely N-dealkylation sites (N-methyl/N-ethyl adjacent to an activating group) is 1. The smallest absolute Gasteiger partial charge is 0.326 e. The molecule has 8 nitrogen and oxygen atoms in total. The van der Waals surface area contributed by atoms with E-state index in [1.165, 1.54) is 14.0 Å². The minimum atomic E-state index is -1.14. The lowest BCUT2D eigenvalue weighted by Gasteiger charge is -2.34. The monoisotopic (exact) mass is 339 g/mol. The van der Waals surface area contributed by atoms with Crippen LogP contribution in [0.2, 0.25) is 0 Å². The molecule has 0 bridgehead atoms. The fraction of sp³-hybridized carbons (Fsp3) is 0.750. The normalized spacial score (nSPS) is 28.0. The highest BCUT2D eigenvalue weighted by Crippen LogP contribution is 2.37. The molecule has 4 amide bonds. The Kier molecular flexibility index (Phi) is 5.15. The molecule has 2 fully saturated rings. The lowest BCUT2D eigenvalue weighted by molar-refractivity contribution is -0.149. The van der Waals surface area contributed by atoms with Crippen molar-refractivity contribution >= 4 is 23.8 Å². The van der Waals surface area contributed by atoms with Gasteiger partial charge in [-0.15, -0.1) is 0 Å². The van der Waals surface area contributed by atoms with Crippen molar-refractivity contribution in [2.24, 2.45) is 5.92 Å². The van der Waals surface area contributed by atoms with Crippen molar-refractivity contribution in [2.45, 2.75) is 57.5 Å². The first-order valence-electron chi connectivity index (χ1n) is 8.34. The van der Waals surface area contributed by atoms with Gasteiger partial charge in [0, 0.05) is 7.05 Å². The van der Waals surface area contributed by atoms with Gasteiger partial charge in [0.15, 0.2) is 0 Å². The van der Waals surface area contributed by atoms with Crippen molar-refractivity contribution < 1.29 is 24.3 Å². The van der Waals surface area contributed by atoms with Gasteiger partial charge in [0.05, 0.1) is 0 Å². The van der Waals surface area contributed by atoms with E-state index in [4.69, 9.17) is 5.11 Å². The van der Waals surface area contributed by atoms with Crippen LogP contribution in [0.15, 0.2) is 0 Å². The first-order valence-corrected chi connectivity index (χ1v) is 8.34. The van der Waals surface area contributed by atoms with E-state index in [1.54, 1.807) is 0 Å². The zero-order chi connectivity index (χ0) is 18.1. The fourth-order valence-electron chi connectivity index (χ4n) is 3.37. The highest BCUT2D eigenvalue weighted by molar-refractivity contribution is 6.09. The summed E-state index contributed by atoms with van der Waals surface area (Å²) in [6.45, 7) is 3.06. The molecular weight excluding hydrogens is 314 g/mol. The van der Waals surface area contributed by atoms with E-state index < -0.39 is 36.0 Å². The second-order valence-corrected chi connectivity index (χ2v) is 6.77. The summed E-state index contributed by atoms with van der Waals surface area (Å²) < 4.78 is 0. The Morgan fingerprint density at radius 1 is 1.38 bits per heavy atom. The first kappa shape index (κ1) is 18.2. The number of amides is 4. The molecule has 2 rings (SSSR count). The lowest BCUT2D eigenvalue weighted by Crippen LogP contribution is -2.50. The maximum absolute atomic E-state index is 12.7. The number of hydrogen-bond donors (Lipinski definition) is 2. The van der Waals surface area contributed by atoms with Crippen molar-refractivity contribution in [1.82, 2.24) is 15.1 Å². The SMILES string of the molecule is CCC1CCC2(CC1)NC(=O)N(CC(=O)N(C)C(C)C(=O)O)C2=O. The van der Waals surface area contributed by atoms with E-state index in [-0.39, 0.29) is 5.91 Å². The van der Waals surface area contributed by atoms with Crippen LogP contribution in [0.1, 0.15) is 46.0 Å². The number of nitrogens with one attached hydrogen (secondary N) is 1. The fourth-order valence-corrected chi connectivity index (χ4v) is 3.37. The highest BCUT2D eigenvalue weighted by atomic mass is 16.4. The third-order valence-electron chi connectivity index (χ3n) is 5.41. The molecule has 1 aliphatic carbocycles. The second-order valence-electron chi connectivity index (χ2n) is 6.77. The first-order chi connectivity index (χ1) is 11.2. The summed E-state index contributed by atoms with van der Waals surface area (Å²) in [6, 6.07) is -1.59. The standard InChI is InChI=1S/C16H25N3O5/c1-4-11-5-7-16(8-6-11)14(23)19(15(24)17-16)9-12(20)18(3)10(2)13(21)22/h10-11H,4-9H2,1-3H3,(H,17,24)(H,21,22). The molecule has 2 N–H and O–H groups in total. The number of rotatable bonds is 5. The van der Waals surface area contributed by atoms with Gasteiger partial charge >= 0.3 is 12.0 Å². The van der Waals surface area contributed by atoms with Crippen LogP contribution in [-0.4, -0.2) is 63.9 Å². The summed E-state index contributed by atoms with van der Waals surface area (Å²) >= 11 is 0. The van der Waals surface area contributed by atoms with Crippen molar-refractivity contribution in [1.29, 1.82) is 0 Å². The number of urea groups is 1. The largest absolute Gasteiger partial charge is 0.480 e. The minimum absolute atomic E-state index is 0.369. The Balaban J connectivity index is 2.05. The molecule has 0 aromatic rings. The molecule has 1 spiro atoms. The molecule has 24 heavy (non-hydrogen) atoms. The number of carbonyl (C=O) groups is 4. The summed E-state index contributed by atoms with van der Waals surface area (Å²) in [4.78, 5) is 50.0. The molecule has 0 aromatic carbocycles. The number of imide groups is 1. The molecule has 134 valence electrons. The Hall–Kier alpha value is -2.12. The van der Waals surface area contributed by atoms with Gasteiger partial charge in [-0.3, -0.25) is 14.5 Å². The Morgan fingerprint density at radius 3 is 2.46 bits per heavy atom. The van der Waals surface area contributed by atoms with Crippen LogP contribution < -0.4 is 5.32 Å². The summed E-state index contributed by atoms with van der Waals surface area (Å²) in [5.74, 6) is -1.52. The molecule has 1 saturated carbocycles. The third-order valence-corrected chi connectivity index (χ3v) is 5.41. The molecular formula is C16H25N3O5. The third kappa shape index (κ3) is 3.22. The van der Waals surface area contributed by atoms with Crippen molar-refractivity contribution in [3.63, 3.8) is 0 Å². The summed E-state index contributed by atoms with van der Waals surface area (Å²) in [5.41, 5.74) is -0.889. The van der Waals surface area contributed by atoms with Gasteiger partial charge in [0.2, 0.25) is 5.91 Å². The van der Waals surface area contributed by atoms with Crippen molar-refractivity contribution in [3.8, 4) is 0 Å². The van der Waals surface area contributed by atoms with Gasteiger partial charge in [-0.1, -0.05) is 13.3 Å². The van der Waals surface area contributed by atoms with Crippen molar-refractivity contribution in [2.75, 3.05) is 13.6 Å². The highest BCUT2D eigenvalue weighted by Gasteiger charge is 2.52. The molecule has 2 aliphatic rings. The van der Waals surface area contributed by atoms with Gasteiger partial charge in [-0.25, -0.2) is 9.59 Å². The summed E-state index contributed by atoms with van der Waals surface area (Å²) in [6.07, 6.45) is 3.98. The van der Waals surface area contributed by atoms with Crippen LogP contribution in [0.5, 0.6) is 0 Å². The minimum Gasteiger partial charge on any atom is -0.480 e. The Morgan fingerprint density at radius 2 is 1.96 bits per heavy atom. The van der Waals surface area contributed by atoms with Gasteiger partial charge in [0.25, 0.3) is 5.91 Å². The Labute approximate surface area is 141 Å². The molecule has 0 aromatic heterocycles. The van der Waals surface area contributed by atoms with E-state index in [0.29, 0.717) is 18.8 Å². The maximum Gasteiger partial charge on any atom is 0.326 e. The average Bonchev–Trinajstić information content (AvgIpc) is 2.78. The number of carbonyl (C=O) groups excluding carboxylic acids is 3. The molecule has 1 saturated heterocycles. The van der Waals surface area contributed by atoms with E-state index in [1.807, 2.05) is 0 Å². The number of nitrogens with zero attached hydrogens (tertiary/aromatic N) is 2. The van der Waals surface area contributed by atoms with Gasteiger partial charge < -0.3 is 15.3 Å². The van der Waals surface area contributed by atoms with E-state index in [0.717, 1.165) is 29.1 Å². The van der Waals surface area contributed by atoms with Crippen LogP contribution in [0.3, 0.4) is 0 Å². The topological polar surface area (TPSA) is 107 Å². The zero-order valence-corrected chi connectivity index (χ0v) is 14.4. The maximum atomic E-state index is 12.7. The van der Waals surface area contributed by atoms with Gasteiger partial charge in [-0.05, 0) is 38.5 Å². The predicted molar refractivity (Wildman–Crippen MR) is 85.1 cm³/mol. The van der Waals surface area contributed by atoms with Gasteiger partial charge in [0.1, 0.15) is 18.1 Å². The van der Waals surface area contributed by atoms with Crippen LogP contribution in [0.25, 0.3) is 0 Å². The number of aliphatic carboxylic acids is 1. The van der Waals surface area contributed by atoms with Crippen LogP contribution >= 0.6 is 0 Å². The molecule has 0 radical (unpaired) electrons. The van der Waals surface area contributed by atoms with E-state index in [2.05, 4.69) is 12.2 Å². The Bertz CT molecular complexity index is 554. The van der Waals surface area contributed by atoms with Crippen LogP contribution in [-0.2, 0) is 14.4 Å². The molecule has 1 atom stereocenters. The number of hydrogen-bond acceptors (Lipinski definition) is 4. The summed E-state index contributed by atoms with van der Waals surface area (Å²) in [7, 11) is 1.35. The molecule has 1 heterocycles. The van der Waals surface area contributed by atoms with Crippen molar-refractivity contribution in [3.05, 3.63) is 0 Å². The molecule has 1 aliphatic heterocycles. The second kappa shape index (κ2) is 6.78. The van der Waals surface area contributed by atoms with Crippen LogP contribution in [0.4, 0.5) is 4.79 Å². The molecule has 8 heteroatoms. The number of carboxylic acids is 1. The lowest BCUT2D eigenvalue weighted by atomic mass is 9.75. The van der Waals surface area contributed by atoms with Crippen LogP contribution in [0, 0.1) is 5.92 Å². The van der Waals surface area contributed by atoms with E-state index in [9.17, 15) is 19.2 Å². The zero-order valence-electron chi connectivity index (χ0n) is 14.4. The number of carboxylic acid groups (broad SMARTS) is 1. The van der Waals surface area contributed by atoms with Gasteiger partial charge in [-0.2, -0.15) is 0 Å². The predicted octanol–water partition coefficient (Wildman–Crippen LogP) is 0.809. The quantitative estimate of drug-likeness (QED) is 0.721. The molecule has 1 unspecified atom stereocenters. The van der Waals surface area contributed by atoms with E-state index >= 15 is 0 Å².